The lowest BCUT2D eigenvalue weighted by atomic mass is 9.89. The highest BCUT2D eigenvalue weighted by Gasteiger charge is 2.61. The number of carbonyl (C=O) groups is 3. The zero-order valence-electron chi connectivity index (χ0n) is 26.6. The van der Waals surface area contributed by atoms with Crippen LogP contribution in [0.5, 0.6) is 5.19 Å². The highest BCUT2D eigenvalue weighted by Crippen LogP contribution is 2.57. The maximum atomic E-state index is 14.5. The first-order valence-corrected chi connectivity index (χ1v) is 17.1. The molecule has 2 aliphatic heterocycles. The Morgan fingerprint density at radius 2 is 1.94 bits per heavy atom. The fraction of sp³-hybridized carbons (Fsp3) is 0.500. The molecule has 3 aliphatic rings. The highest BCUT2D eigenvalue weighted by molar-refractivity contribution is 7.20. The number of aromatic nitrogens is 1. The van der Waals surface area contributed by atoms with E-state index >= 15 is 0 Å². The van der Waals surface area contributed by atoms with E-state index in [4.69, 9.17) is 9.47 Å². The van der Waals surface area contributed by atoms with Gasteiger partial charge in [0.15, 0.2) is 5.78 Å². The van der Waals surface area contributed by atoms with Gasteiger partial charge in [0.1, 0.15) is 6.10 Å². The molecular formula is C36H39F3N2O5S. The predicted octanol–water partition coefficient (Wildman–Crippen LogP) is 7.49. The number of amides is 1. The number of nitrogens with zero attached hydrogens (tertiary/aromatic N) is 2. The Morgan fingerprint density at radius 3 is 2.70 bits per heavy atom. The molecule has 47 heavy (non-hydrogen) atoms. The number of aryl methyl sites for hydroxylation is 1. The van der Waals surface area contributed by atoms with Gasteiger partial charge in [-0.1, -0.05) is 60.1 Å². The normalized spacial score (nSPS) is 27.8. The summed E-state index contributed by atoms with van der Waals surface area (Å²) in [4.78, 5) is 47.7. The van der Waals surface area contributed by atoms with Crippen LogP contribution in [0.1, 0.15) is 68.1 Å². The number of allylic oxidation sites excluding steroid dienone is 2. The molecule has 250 valence electrons. The number of ketones is 1. The smallest absolute Gasteiger partial charge is 0.416 e. The van der Waals surface area contributed by atoms with Crippen LogP contribution in [-0.4, -0.2) is 53.3 Å². The molecular weight excluding hydrogens is 629 g/mol. The van der Waals surface area contributed by atoms with Gasteiger partial charge in [-0.2, -0.15) is 13.2 Å². The lowest BCUT2D eigenvalue weighted by Crippen LogP contribution is -2.45. The van der Waals surface area contributed by atoms with Crippen molar-refractivity contribution in [3.63, 3.8) is 0 Å². The summed E-state index contributed by atoms with van der Waals surface area (Å²) in [7, 11) is 1.32. The Labute approximate surface area is 276 Å². The molecule has 0 radical (unpaired) electrons. The van der Waals surface area contributed by atoms with E-state index in [-0.39, 0.29) is 43.4 Å². The average molecular weight is 669 g/mol. The second kappa shape index (κ2) is 13.4. The molecule has 11 heteroatoms. The molecule has 1 saturated heterocycles. The molecule has 1 saturated carbocycles. The van der Waals surface area contributed by atoms with Crippen molar-refractivity contribution in [2.45, 2.75) is 83.0 Å². The van der Waals surface area contributed by atoms with Gasteiger partial charge in [-0.05, 0) is 74.8 Å². The molecule has 3 aromatic rings. The number of thiazole rings is 1. The van der Waals surface area contributed by atoms with Crippen molar-refractivity contribution in [2.24, 2.45) is 17.3 Å². The van der Waals surface area contributed by atoms with Crippen LogP contribution in [0.2, 0.25) is 0 Å². The number of methoxy groups -OCH3 is 1. The summed E-state index contributed by atoms with van der Waals surface area (Å²) in [5, 5.41) is 0.438. The van der Waals surface area contributed by atoms with Crippen molar-refractivity contribution in [1.29, 1.82) is 0 Å². The standard InChI is InChI=1S/C36H39F3N2O5S/c1-22-14-23(17-26(15-22)36(37,38)39)16-24-10-6-4-3-5-7-11-25-19-35(25,33(44)45-2)20-30(42)29-18-27(21-41(29)32(24)43)46-34-40-28-12-8-9-13-31(28)47-34/h7-9,11-15,17,24-25,27,29H,3-6,10,16,18-21H2,1-2H3/b11-7-/t24-,25-,27-,29+,35-/m1/s1. The van der Waals surface area contributed by atoms with E-state index < -0.39 is 41.2 Å². The van der Waals surface area contributed by atoms with Gasteiger partial charge in [0.05, 0.1) is 40.9 Å². The monoisotopic (exact) mass is 668 g/mol. The number of ether oxygens (including phenoxy) is 2. The number of fused-ring (bicyclic) bond motifs is 3. The van der Waals surface area contributed by atoms with Crippen LogP contribution in [0.25, 0.3) is 10.2 Å². The molecule has 7 nitrogen and oxygen atoms in total. The van der Waals surface area contributed by atoms with Crippen molar-refractivity contribution in [1.82, 2.24) is 9.88 Å². The zero-order chi connectivity index (χ0) is 33.3. The van der Waals surface area contributed by atoms with E-state index in [2.05, 4.69) is 11.1 Å². The Kier molecular flexibility index (Phi) is 9.47. The van der Waals surface area contributed by atoms with Gasteiger partial charge >= 0.3 is 12.1 Å². The Balaban J connectivity index is 1.31. The minimum atomic E-state index is -4.51. The molecule has 0 unspecified atom stereocenters. The van der Waals surface area contributed by atoms with Gasteiger partial charge in [-0.3, -0.25) is 14.4 Å². The number of hydrogen-bond donors (Lipinski definition) is 0. The molecule has 1 amide bonds. The highest BCUT2D eigenvalue weighted by atomic mass is 32.1. The molecule has 0 N–H and O–H groups in total. The van der Waals surface area contributed by atoms with E-state index in [1.54, 1.807) is 17.9 Å². The number of esters is 1. The third-order valence-electron chi connectivity index (χ3n) is 9.76. The largest absolute Gasteiger partial charge is 0.469 e. The van der Waals surface area contributed by atoms with Crippen molar-refractivity contribution in [3.8, 4) is 5.19 Å². The summed E-state index contributed by atoms with van der Waals surface area (Å²) in [5.74, 6) is -1.68. The van der Waals surface area contributed by atoms with E-state index in [9.17, 15) is 27.6 Å². The maximum absolute atomic E-state index is 14.5. The number of halogens is 3. The van der Waals surface area contributed by atoms with Crippen LogP contribution in [0.15, 0.2) is 54.6 Å². The molecule has 2 fully saturated rings. The van der Waals surface area contributed by atoms with E-state index in [0.29, 0.717) is 29.2 Å². The number of alkyl halides is 3. The first kappa shape index (κ1) is 33.2. The quantitative estimate of drug-likeness (QED) is 0.207. The topological polar surface area (TPSA) is 85.8 Å². The molecule has 1 aromatic heterocycles. The van der Waals surface area contributed by atoms with Gasteiger partial charge in [-0.15, -0.1) is 0 Å². The van der Waals surface area contributed by atoms with Crippen molar-refractivity contribution < 1.29 is 37.0 Å². The van der Waals surface area contributed by atoms with Crippen LogP contribution in [0.4, 0.5) is 13.2 Å². The summed E-state index contributed by atoms with van der Waals surface area (Å²) < 4.78 is 53.5. The SMILES string of the molecule is COC(=O)[C@]12CC(=O)[C@@H]3C[C@@H](Oc4nc5ccccc5s4)CN3C(=O)[C@@H](Cc3cc(C)cc(C(F)(F)F)c3)CCCCC/C=C\[C@@H]1C2. The van der Waals surface area contributed by atoms with Crippen molar-refractivity contribution in [2.75, 3.05) is 13.7 Å². The summed E-state index contributed by atoms with van der Waals surface area (Å²) in [6, 6.07) is 10.7. The third kappa shape index (κ3) is 7.24. The van der Waals surface area contributed by atoms with E-state index in [1.807, 2.05) is 30.3 Å². The molecule has 3 heterocycles. The number of hydrogen-bond acceptors (Lipinski definition) is 7. The van der Waals surface area contributed by atoms with Crippen LogP contribution >= 0.6 is 11.3 Å². The summed E-state index contributed by atoms with van der Waals surface area (Å²) in [5.41, 5.74) is -0.00695. The maximum Gasteiger partial charge on any atom is 0.416 e. The van der Waals surface area contributed by atoms with Crippen molar-refractivity contribution in [3.05, 3.63) is 71.3 Å². The fourth-order valence-corrected chi connectivity index (χ4v) is 8.15. The molecule has 2 aromatic carbocycles. The predicted molar refractivity (Wildman–Crippen MR) is 172 cm³/mol. The second-order valence-electron chi connectivity index (χ2n) is 13.2. The lowest BCUT2D eigenvalue weighted by molar-refractivity contribution is -0.150. The third-order valence-corrected chi connectivity index (χ3v) is 10.7. The molecule has 0 bridgehead atoms. The number of carbonyl (C=O) groups excluding carboxylic acids is 3. The minimum absolute atomic E-state index is 0.0610. The second-order valence-corrected chi connectivity index (χ2v) is 14.2. The Morgan fingerprint density at radius 1 is 1.13 bits per heavy atom. The number of para-hydroxylation sites is 1. The van der Waals surface area contributed by atoms with Gasteiger partial charge in [0.2, 0.25) is 5.91 Å². The lowest BCUT2D eigenvalue weighted by Gasteiger charge is -2.29. The zero-order valence-corrected chi connectivity index (χ0v) is 27.4. The van der Waals surface area contributed by atoms with E-state index in [1.165, 1.54) is 18.4 Å². The van der Waals surface area contributed by atoms with Gasteiger partial charge in [0.25, 0.3) is 5.19 Å². The summed E-state index contributed by atoms with van der Waals surface area (Å²) >= 11 is 1.38. The van der Waals surface area contributed by atoms with Crippen LogP contribution < -0.4 is 4.74 Å². The Hall–Kier alpha value is -3.73. The average Bonchev–Trinajstić information content (AvgIpc) is 3.34. The van der Waals surface area contributed by atoms with Crippen molar-refractivity contribution >= 4 is 39.2 Å². The summed E-state index contributed by atoms with van der Waals surface area (Å²) in [6.07, 6.45) is 3.55. The van der Waals surface area contributed by atoms with Gasteiger partial charge in [-0.25, -0.2) is 4.98 Å². The fourth-order valence-electron chi connectivity index (χ4n) is 7.27. The molecule has 1 aliphatic carbocycles. The van der Waals surface area contributed by atoms with Crippen LogP contribution in [0.3, 0.4) is 0 Å². The van der Waals surface area contributed by atoms with Crippen LogP contribution in [0, 0.1) is 24.2 Å². The molecule has 5 atom stereocenters. The van der Waals surface area contributed by atoms with Crippen LogP contribution in [-0.2, 0) is 31.7 Å². The molecule has 6 rings (SSSR count). The first-order valence-electron chi connectivity index (χ1n) is 16.2. The van der Waals surface area contributed by atoms with Gasteiger partial charge < -0.3 is 14.4 Å². The Bertz CT molecular complexity index is 1650. The number of Topliss-reactive ketones (excluding diaryl/α,β-unsaturated/α-hetero) is 1. The van der Waals surface area contributed by atoms with E-state index in [0.717, 1.165) is 48.0 Å². The number of rotatable bonds is 5. The first-order chi connectivity index (χ1) is 22.5. The summed E-state index contributed by atoms with van der Waals surface area (Å²) in [6.45, 7) is 1.75. The van der Waals surface area contributed by atoms with Gasteiger partial charge in [0, 0.05) is 18.8 Å². The number of benzene rings is 2. The minimum Gasteiger partial charge on any atom is -0.469 e. The molecule has 0 spiro atoms.